The minimum Gasteiger partial charge on any atom is -0.481 e. The number of hydrogen-bond donors (Lipinski definition) is 1. The molecule has 1 N–H and O–H groups in total. The molecule has 0 radical (unpaired) electrons. The van der Waals surface area contributed by atoms with Crippen LogP contribution in [0.4, 0.5) is 4.39 Å². The highest BCUT2D eigenvalue weighted by Crippen LogP contribution is 2.39. The minimum atomic E-state index is -0.634. The van der Waals surface area contributed by atoms with Crippen LogP contribution in [0.1, 0.15) is 63.3 Å². The molecule has 2 aliphatic rings. The molecule has 176 valence electrons. The molecule has 4 rings (SSSR count). The fourth-order valence-corrected chi connectivity index (χ4v) is 4.32. The van der Waals surface area contributed by atoms with Gasteiger partial charge in [-0.15, -0.1) is 0 Å². The van der Waals surface area contributed by atoms with Gasteiger partial charge in [0.2, 0.25) is 5.91 Å². The van der Waals surface area contributed by atoms with Gasteiger partial charge in [0.1, 0.15) is 11.6 Å². The Morgan fingerprint density at radius 3 is 2.61 bits per heavy atom. The summed E-state index contributed by atoms with van der Waals surface area (Å²) in [5.74, 6) is 0.709. The molecule has 2 aromatic rings. The van der Waals surface area contributed by atoms with Crippen LogP contribution in [0.3, 0.4) is 0 Å². The van der Waals surface area contributed by atoms with Crippen LogP contribution >= 0.6 is 0 Å². The van der Waals surface area contributed by atoms with E-state index < -0.39 is 17.6 Å². The Bertz CT molecular complexity index is 1040. The van der Waals surface area contributed by atoms with Gasteiger partial charge in [0.05, 0.1) is 6.04 Å². The number of ether oxygens (including phenoxy) is 1. The maximum atomic E-state index is 14.2. The average molecular weight is 453 g/mol. The molecular weight excluding hydrogens is 419 g/mol. The van der Waals surface area contributed by atoms with Crippen molar-refractivity contribution in [3.63, 3.8) is 0 Å². The largest absolute Gasteiger partial charge is 0.481 e. The van der Waals surface area contributed by atoms with E-state index in [0.717, 1.165) is 16.7 Å². The van der Waals surface area contributed by atoms with Gasteiger partial charge in [-0.25, -0.2) is 4.39 Å². The number of nitrogens with zero attached hydrogens (tertiary/aromatic N) is 1. The van der Waals surface area contributed by atoms with Crippen LogP contribution in [0.25, 0.3) is 0 Å². The molecule has 1 saturated carbocycles. The van der Waals surface area contributed by atoms with E-state index in [0.29, 0.717) is 31.2 Å². The highest BCUT2D eigenvalue weighted by molar-refractivity contribution is 5.83. The molecule has 1 aliphatic carbocycles. The topological polar surface area (TPSA) is 58.6 Å². The predicted molar refractivity (Wildman–Crippen MR) is 125 cm³/mol. The fraction of sp³-hybridized carbons (Fsp3) is 0.481. The maximum absolute atomic E-state index is 14.2. The molecule has 1 aliphatic heterocycles. The third-order valence-electron chi connectivity index (χ3n) is 6.36. The molecule has 0 spiro atoms. The Kier molecular flexibility index (Phi) is 6.46. The maximum Gasteiger partial charge on any atom is 0.260 e. The van der Waals surface area contributed by atoms with E-state index in [9.17, 15) is 14.0 Å². The van der Waals surface area contributed by atoms with Crippen molar-refractivity contribution in [2.24, 2.45) is 11.3 Å². The molecule has 2 aromatic carbocycles. The molecule has 5 nitrogen and oxygen atoms in total. The van der Waals surface area contributed by atoms with Crippen molar-refractivity contribution in [1.82, 2.24) is 10.2 Å². The summed E-state index contributed by atoms with van der Waals surface area (Å²) in [7, 11) is 0. The van der Waals surface area contributed by atoms with Crippen LogP contribution in [-0.4, -0.2) is 35.9 Å². The van der Waals surface area contributed by atoms with Crippen LogP contribution in [0, 0.1) is 17.2 Å². The van der Waals surface area contributed by atoms with Crippen molar-refractivity contribution in [2.45, 2.75) is 59.1 Å². The van der Waals surface area contributed by atoms with Crippen molar-refractivity contribution in [2.75, 3.05) is 13.1 Å². The van der Waals surface area contributed by atoms with E-state index in [-0.39, 0.29) is 17.6 Å². The molecule has 0 bridgehead atoms. The first-order valence-electron chi connectivity index (χ1n) is 11.8. The number of nitrogens with one attached hydrogen (secondary N) is 1. The smallest absolute Gasteiger partial charge is 0.260 e. The van der Waals surface area contributed by atoms with Gasteiger partial charge in [0.15, 0.2) is 6.10 Å². The van der Waals surface area contributed by atoms with Gasteiger partial charge in [-0.3, -0.25) is 9.59 Å². The van der Waals surface area contributed by atoms with Gasteiger partial charge in [-0.1, -0.05) is 39.0 Å². The second-order valence-corrected chi connectivity index (χ2v) is 10.3. The number of halogens is 1. The number of carbonyl (C=O) groups excluding carboxylic acids is 2. The highest BCUT2D eigenvalue weighted by atomic mass is 19.1. The van der Waals surface area contributed by atoms with Crippen molar-refractivity contribution in [1.29, 1.82) is 0 Å². The second-order valence-electron chi connectivity index (χ2n) is 10.3. The Hall–Kier alpha value is -2.89. The fourth-order valence-electron chi connectivity index (χ4n) is 4.32. The molecule has 0 aromatic heterocycles. The van der Waals surface area contributed by atoms with Crippen molar-refractivity contribution >= 4 is 11.8 Å². The van der Waals surface area contributed by atoms with Crippen LogP contribution in [0.15, 0.2) is 42.5 Å². The zero-order valence-corrected chi connectivity index (χ0v) is 19.9. The van der Waals surface area contributed by atoms with Crippen LogP contribution in [0.5, 0.6) is 5.75 Å². The summed E-state index contributed by atoms with van der Waals surface area (Å²) in [5, 5.41) is 2.95. The summed E-state index contributed by atoms with van der Waals surface area (Å²) < 4.78 is 20.1. The normalized spacial score (nSPS) is 18.9. The molecule has 2 unspecified atom stereocenters. The quantitative estimate of drug-likeness (QED) is 0.695. The summed E-state index contributed by atoms with van der Waals surface area (Å²) >= 11 is 0. The zero-order valence-electron chi connectivity index (χ0n) is 19.9. The Balaban J connectivity index is 1.64. The average Bonchev–Trinajstić information content (AvgIpc) is 3.60. The first-order valence-corrected chi connectivity index (χ1v) is 11.8. The molecule has 1 fully saturated rings. The molecule has 2 amide bonds. The first-order chi connectivity index (χ1) is 15.6. The van der Waals surface area contributed by atoms with Gasteiger partial charge >= 0.3 is 0 Å². The second kappa shape index (κ2) is 9.16. The third-order valence-corrected chi connectivity index (χ3v) is 6.36. The van der Waals surface area contributed by atoms with Gasteiger partial charge in [0.25, 0.3) is 5.91 Å². The van der Waals surface area contributed by atoms with Gasteiger partial charge < -0.3 is 15.0 Å². The van der Waals surface area contributed by atoms with Crippen molar-refractivity contribution < 1.29 is 18.7 Å². The van der Waals surface area contributed by atoms with E-state index >= 15 is 0 Å². The number of rotatable bonds is 6. The van der Waals surface area contributed by atoms with Crippen molar-refractivity contribution in [3.05, 3.63) is 65.0 Å². The third kappa shape index (κ3) is 5.37. The van der Waals surface area contributed by atoms with Crippen LogP contribution in [0.2, 0.25) is 0 Å². The number of hydrogen-bond acceptors (Lipinski definition) is 3. The Labute approximate surface area is 195 Å². The van der Waals surface area contributed by atoms with E-state index in [4.69, 9.17) is 4.74 Å². The van der Waals surface area contributed by atoms with E-state index in [1.807, 2.05) is 49.9 Å². The number of carbonyl (C=O) groups is 2. The lowest BCUT2D eigenvalue weighted by Crippen LogP contribution is -2.45. The van der Waals surface area contributed by atoms with Crippen molar-refractivity contribution in [3.8, 4) is 5.75 Å². The summed E-state index contributed by atoms with van der Waals surface area (Å²) in [6.45, 7) is 8.69. The summed E-state index contributed by atoms with van der Waals surface area (Å²) in [6, 6.07) is 11.8. The lowest BCUT2D eigenvalue weighted by molar-refractivity contribution is -0.141. The zero-order chi connectivity index (χ0) is 23.8. The number of amides is 2. The molecule has 33 heavy (non-hydrogen) atoms. The monoisotopic (exact) mass is 452 g/mol. The Morgan fingerprint density at radius 2 is 1.94 bits per heavy atom. The standard InChI is InChI=1S/C27H33FN2O3/c1-17(25(31)29-16-18-8-9-18)33-22-11-10-19-12-13-30(26(32)27(2,3)4)24(23(19)15-22)20-6-5-7-21(28)14-20/h5-7,10-11,14-15,17-18,24H,8-9,12-13,16H2,1-4H3,(H,29,31). The summed E-state index contributed by atoms with van der Waals surface area (Å²) in [5.41, 5.74) is 2.17. The lowest BCUT2D eigenvalue weighted by Gasteiger charge is -2.41. The van der Waals surface area contributed by atoms with E-state index in [2.05, 4.69) is 5.32 Å². The molecular formula is C27H33FN2O3. The number of fused-ring (bicyclic) bond motifs is 1. The predicted octanol–water partition coefficient (Wildman–Crippen LogP) is 4.64. The highest BCUT2D eigenvalue weighted by Gasteiger charge is 2.37. The molecule has 6 heteroatoms. The van der Waals surface area contributed by atoms with Gasteiger partial charge in [0, 0.05) is 18.5 Å². The minimum absolute atomic E-state index is 0.0153. The first kappa shape index (κ1) is 23.3. The molecule has 2 atom stereocenters. The summed E-state index contributed by atoms with van der Waals surface area (Å²) in [6.07, 6.45) is 2.42. The molecule has 0 saturated heterocycles. The van der Waals surface area contributed by atoms with E-state index in [1.165, 1.54) is 25.0 Å². The molecule has 1 heterocycles. The van der Waals surface area contributed by atoms with Crippen LogP contribution in [-0.2, 0) is 16.0 Å². The summed E-state index contributed by atoms with van der Waals surface area (Å²) in [4.78, 5) is 27.6. The van der Waals surface area contributed by atoms with Crippen LogP contribution < -0.4 is 10.1 Å². The SMILES string of the molecule is CC(Oc1ccc2c(c1)C(c1cccc(F)c1)N(C(=O)C(C)(C)C)CC2)C(=O)NCC1CC1. The van der Waals surface area contributed by atoms with Gasteiger partial charge in [-0.05, 0) is 73.1 Å². The lowest BCUT2D eigenvalue weighted by atomic mass is 9.85. The van der Waals surface area contributed by atoms with E-state index in [1.54, 1.807) is 13.0 Å². The number of benzene rings is 2. The van der Waals surface area contributed by atoms with Gasteiger partial charge in [-0.2, -0.15) is 0 Å². The Morgan fingerprint density at radius 1 is 1.18 bits per heavy atom.